The van der Waals surface area contributed by atoms with Gasteiger partial charge in [0.1, 0.15) is 5.76 Å². The van der Waals surface area contributed by atoms with Crippen LogP contribution in [0.2, 0.25) is 0 Å². The van der Waals surface area contributed by atoms with Crippen LogP contribution in [0.15, 0.2) is 22.8 Å². The van der Waals surface area contributed by atoms with Gasteiger partial charge < -0.3 is 14.6 Å². The van der Waals surface area contributed by atoms with Crippen LogP contribution >= 0.6 is 11.3 Å². The standard InChI is InChI=1S/C19H25N5O3S/c25-16-8-3-11-24(16)19-22-21-18(28-19)23-10-2-5-14(13-23)17(26)20-9-1-6-15-7-4-12-27-15/h4,7,12,14H,1-3,5-6,8-11,13H2,(H,20,26)/t14-/m1/s1. The summed E-state index contributed by atoms with van der Waals surface area (Å²) in [4.78, 5) is 28.3. The van der Waals surface area contributed by atoms with E-state index in [1.54, 1.807) is 11.2 Å². The number of furan rings is 1. The lowest BCUT2D eigenvalue weighted by Gasteiger charge is -2.31. The van der Waals surface area contributed by atoms with Crippen molar-refractivity contribution in [3.8, 4) is 0 Å². The maximum absolute atomic E-state index is 12.5. The highest BCUT2D eigenvalue weighted by Gasteiger charge is 2.29. The molecule has 0 aromatic carbocycles. The summed E-state index contributed by atoms with van der Waals surface area (Å²) in [7, 11) is 0. The van der Waals surface area contributed by atoms with Crippen molar-refractivity contribution in [1.29, 1.82) is 0 Å². The molecule has 0 spiro atoms. The fourth-order valence-electron chi connectivity index (χ4n) is 3.73. The SMILES string of the molecule is O=C(NCCCc1ccco1)[C@@H]1CCCN(c2nnc(N3CCCC3=O)s2)C1. The number of aromatic nitrogens is 2. The first kappa shape index (κ1) is 18.9. The van der Waals surface area contributed by atoms with E-state index in [1.165, 1.54) is 11.3 Å². The van der Waals surface area contributed by atoms with Gasteiger partial charge in [-0.3, -0.25) is 14.5 Å². The molecule has 150 valence electrons. The van der Waals surface area contributed by atoms with E-state index in [1.807, 2.05) is 12.1 Å². The number of anilines is 2. The van der Waals surface area contributed by atoms with E-state index in [-0.39, 0.29) is 17.7 Å². The monoisotopic (exact) mass is 403 g/mol. The molecule has 0 unspecified atom stereocenters. The van der Waals surface area contributed by atoms with Gasteiger partial charge in [-0.05, 0) is 37.8 Å². The minimum atomic E-state index is -0.0434. The summed E-state index contributed by atoms with van der Waals surface area (Å²) in [6.07, 6.45) is 6.65. The maximum atomic E-state index is 12.5. The summed E-state index contributed by atoms with van der Waals surface area (Å²) in [5, 5.41) is 13.0. The van der Waals surface area contributed by atoms with E-state index in [2.05, 4.69) is 20.4 Å². The van der Waals surface area contributed by atoms with Crippen LogP contribution in [0.4, 0.5) is 10.3 Å². The zero-order valence-corrected chi connectivity index (χ0v) is 16.6. The summed E-state index contributed by atoms with van der Waals surface area (Å²) < 4.78 is 5.31. The zero-order chi connectivity index (χ0) is 19.3. The molecule has 2 aliphatic rings. The molecule has 1 atom stereocenters. The molecule has 4 rings (SSSR count). The van der Waals surface area contributed by atoms with Gasteiger partial charge in [0.2, 0.25) is 22.1 Å². The highest BCUT2D eigenvalue weighted by Crippen LogP contribution is 2.32. The van der Waals surface area contributed by atoms with Crippen molar-refractivity contribution in [2.24, 2.45) is 5.92 Å². The Labute approximate surface area is 167 Å². The Morgan fingerprint density at radius 3 is 2.96 bits per heavy atom. The second kappa shape index (κ2) is 8.72. The van der Waals surface area contributed by atoms with Gasteiger partial charge in [-0.15, -0.1) is 10.2 Å². The van der Waals surface area contributed by atoms with Gasteiger partial charge >= 0.3 is 0 Å². The van der Waals surface area contributed by atoms with E-state index in [0.29, 0.717) is 24.6 Å². The number of hydrogen-bond donors (Lipinski definition) is 1. The Morgan fingerprint density at radius 2 is 2.18 bits per heavy atom. The molecule has 28 heavy (non-hydrogen) atoms. The lowest BCUT2D eigenvalue weighted by Crippen LogP contribution is -2.43. The summed E-state index contributed by atoms with van der Waals surface area (Å²) in [5.41, 5.74) is 0. The van der Waals surface area contributed by atoms with Crippen molar-refractivity contribution in [1.82, 2.24) is 15.5 Å². The fraction of sp³-hybridized carbons (Fsp3) is 0.579. The molecule has 2 aromatic heterocycles. The van der Waals surface area contributed by atoms with Crippen molar-refractivity contribution in [2.45, 2.75) is 38.5 Å². The predicted octanol–water partition coefficient (Wildman–Crippen LogP) is 2.22. The van der Waals surface area contributed by atoms with Crippen LogP contribution in [-0.4, -0.2) is 48.2 Å². The van der Waals surface area contributed by atoms with Gasteiger partial charge in [-0.2, -0.15) is 0 Å². The lowest BCUT2D eigenvalue weighted by atomic mass is 9.97. The summed E-state index contributed by atoms with van der Waals surface area (Å²) in [5.74, 6) is 1.12. The van der Waals surface area contributed by atoms with Crippen LogP contribution < -0.4 is 15.1 Å². The molecule has 4 heterocycles. The average molecular weight is 404 g/mol. The fourth-order valence-corrected chi connectivity index (χ4v) is 4.66. The Morgan fingerprint density at radius 1 is 1.29 bits per heavy atom. The van der Waals surface area contributed by atoms with Crippen LogP contribution in [0.25, 0.3) is 0 Å². The smallest absolute Gasteiger partial charge is 0.228 e. The number of hydrogen-bond acceptors (Lipinski definition) is 7. The molecule has 0 aliphatic carbocycles. The van der Waals surface area contributed by atoms with Crippen molar-refractivity contribution in [3.05, 3.63) is 24.2 Å². The Hall–Kier alpha value is -2.42. The number of carbonyl (C=O) groups is 2. The highest BCUT2D eigenvalue weighted by molar-refractivity contribution is 7.19. The van der Waals surface area contributed by atoms with Crippen molar-refractivity contribution < 1.29 is 14.0 Å². The van der Waals surface area contributed by atoms with E-state index >= 15 is 0 Å². The van der Waals surface area contributed by atoms with Crippen LogP contribution in [0.5, 0.6) is 0 Å². The first-order valence-corrected chi connectivity index (χ1v) is 10.7. The highest BCUT2D eigenvalue weighted by atomic mass is 32.1. The Kier molecular flexibility index (Phi) is 5.90. The number of carbonyl (C=O) groups excluding carboxylic acids is 2. The molecule has 2 aromatic rings. The molecular formula is C19H25N5O3S. The van der Waals surface area contributed by atoms with E-state index in [0.717, 1.165) is 56.1 Å². The van der Waals surface area contributed by atoms with Crippen LogP contribution in [-0.2, 0) is 16.0 Å². The van der Waals surface area contributed by atoms with Crippen molar-refractivity contribution in [2.75, 3.05) is 36.0 Å². The maximum Gasteiger partial charge on any atom is 0.228 e. The second-order valence-electron chi connectivity index (χ2n) is 7.28. The first-order chi connectivity index (χ1) is 13.7. The molecule has 2 aliphatic heterocycles. The van der Waals surface area contributed by atoms with Crippen LogP contribution in [0, 0.1) is 5.92 Å². The Bertz CT molecular complexity index is 806. The number of amides is 2. The van der Waals surface area contributed by atoms with Gasteiger partial charge in [-0.1, -0.05) is 11.3 Å². The molecule has 0 saturated carbocycles. The van der Waals surface area contributed by atoms with Crippen LogP contribution in [0.3, 0.4) is 0 Å². The third-order valence-electron chi connectivity index (χ3n) is 5.25. The molecule has 1 N–H and O–H groups in total. The predicted molar refractivity (Wildman–Crippen MR) is 106 cm³/mol. The van der Waals surface area contributed by atoms with Gasteiger partial charge in [0.25, 0.3) is 0 Å². The second-order valence-corrected chi connectivity index (χ2v) is 8.21. The van der Waals surface area contributed by atoms with Crippen molar-refractivity contribution in [3.63, 3.8) is 0 Å². The minimum Gasteiger partial charge on any atom is -0.469 e. The summed E-state index contributed by atoms with van der Waals surface area (Å²) in [6, 6.07) is 3.83. The van der Waals surface area contributed by atoms with Gasteiger partial charge in [-0.25, -0.2) is 0 Å². The molecular weight excluding hydrogens is 378 g/mol. The molecule has 2 amide bonds. The molecule has 0 radical (unpaired) electrons. The summed E-state index contributed by atoms with van der Waals surface area (Å²) >= 11 is 1.44. The van der Waals surface area contributed by atoms with Gasteiger partial charge in [0.05, 0.1) is 12.2 Å². The van der Waals surface area contributed by atoms with Gasteiger partial charge in [0, 0.05) is 39.0 Å². The number of nitrogens with zero attached hydrogens (tertiary/aromatic N) is 4. The molecule has 8 nitrogen and oxygen atoms in total. The number of rotatable bonds is 7. The van der Waals surface area contributed by atoms with Crippen LogP contribution in [0.1, 0.15) is 37.9 Å². The zero-order valence-electron chi connectivity index (χ0n) is 15.8. The van der Waals surface area contributed by atoms with Gasteiger partial charge in [0.15, 0.2) is 0 Å². The number of aryl methyl sites for hydroxylation is 1. The molecule has 2 saturated heterocycles. The summed E-state index contributed by atoms with van der Waals surface area (Å²) in [6.45, 7) is 2.88. The minimum absolute atomic E-state index is 0.0434. The van der Waals surface area contributed by atoms with E-state index in [4.69, 9.17) is 4.42 Å². The van der Waals surface area contributed by atoms with E-state index in [9.17, 15) is 9.59 Å². The normalized spacial score (nSPS) is 20.0. The van der Waals surface area contributed by atoms with E-state index < -0.39 is 0 Å². The average Bonchev–Trinajstić information content (AvgIpc) is 3.46. The molecule has 0 bridgehead atoms. The largest absolute Gasteiger partial charge is 0.469 e. The topological polar surface area (TPSA) is 91.6 Å². The third kappa shape index (κ3) is 4.35. The Balaban J connectivity index is 1.27. The quantitative estimate of drug-likeness (QED) is 0.713. The molecule has 2 fully saturated rings. The number of nitrogens with one attached hydrogen (secondary N) is 1. The number of piperidine rings is 1. The lowest BCUT2D eigenvalue weighted by molar-refractivity contribution is -0.125. The first-order valence-electron chi connectivity index (χ1n) is 9.89. The molecule has 9 heteroatoms. The third-order valence-corrected chi connectivity index (χ3v) is 6.26. The van der Waals surface area contributed by atoms with Crippen molar-refractivity contribution >= 4 is 33.4 Å².